The van der Waals surface area contributed by atoms with Crippen molar-refractivity contribution in [2.24, 2.45) is 0 Å². The lowest BCUT2D eigenvalue weighted by Crippen LogP contribution is -2.16. The molecule has 29 heavy (non-hydrogen) atoms. The molecule has 3 aromatic carbocycles. The number of rotatable bonds is 7. The van der Waals surface area contributed by atoms with Crippen molar-refractivity contribution in [1.29, 1.82) is 0 Å². The molecule has 0 atom stereocenters. The molecule has 0 unspecified atom stereocenters. The minimum atomic E-state index is 0.654. The zero-order chi connectivity index (χ0) is 20.2. The van der Waals surface area contributed by atoms with Crippen molar-refractivity contribution in [2.45, 2.75) is 19.5 Å². The number of nitrogens with zero attached hydrogens (tertiary/aromatic N) is 1. The van der Waals surface area contributed by atoms with Crippen molar-refractivity contribution in [3.8, 4) is 0 Å². The summed E-state index contributed by atoms with van der Waals surface area (Å²) in [5.41, 5.74) is 4.82. The highest BCUT2D eigenvalue weighted by Crippen LogP contribution is 2.26. The van der Waals surface area contributed by atoms with Gasteiger partial charge in [0.1, 0.15) is 0 Å². The third kappa shape index (κ3) is 4.96. The van der Waals surface area contributed by atoms with Crippen molar-refractivity contribution in [3.05, 3.63) is 105 Å². The molecule has 0 spiro atoms. The third-order valence-corrected chi connectivity index (χ3v) is 5.88. The molecule has 0 aliphatic rings. The van der Waals surface area contributed by atoms with E-state index in [1.54, 1.807) is 6.07 Å². The fourth-order valence-corrected chi connectivity index (χ4v) is 4.13. The Morgan fingerprint density at radius 3 is 2.34 bits per heavy atom. The fourth-order valence-electron chi connectivity index (χ4n) is 3.53. The van der Waals surface area contributed by atoms with Gasteiger partial charge in [-0.1, -0.05) is 71.2 Å². The summed E-state index contributed by atoms with van der Waals surface area (Å²) in [6, 6.07) is 22.2. The van der Waals surface area contributed by atoms with Crippen LogP contribution in [0.15, 0.2) is 72.9 Å². The summed E-state index contributed by atoms with van der Waals surface area (Å²) in [5, 5.41) is 6.94. The van der Waals surface area contributed by atoms with Crippen LogP contribution in [0.5, 0.6) is 0 Å². The molecule has 0 amide bonds. The maximum atomic E-state index is 6.39. The lowest BCUT2D eigenvalue weighted by molar-refractivity contribution is 0.686. The number of nitrogens with one attached hydrogen (secondary N) is 1. The first-order valence-electron chi connectivity index (χ1n) is 9.56. The molecule has 5 heteroatoms. The topological polar surface area (TPSA) is 17.0 Å². The van der Waals surface area contributed by atoms with Crippen LogP contribution in [0, 0.1) is 0 Å². The monoisotopic (exact) mass is 442 g/mol. The number of hydrogen-bond donors (Lipinski definition) is 1. The summed E-state index contributed by atoms with van der Waals surface area (Å²) in [7, 11) is 0. The first kappa shape index (κ1) is 20.3. The second kappa shape index (κ2) is 9.23. The first-order valence-corrected chi connectivity index (χ1v) is 10.7. The molecule has 1 aromatic heterocycles. The van der Waals surface area contributed by atoms with Crippen molar-refractivity contribution >= 4 is 45.7 Å². The van der Waals surface area contributed by atoms with Gasteiger partial charge in [-0.25, -0.2) is 0 Å². The van der Waals surface area contributed by atoms with Crippen LogP contribution in [0.4, 0.5) is 0 Å². The fraction of sp³-hybridized carbons (Fsp3) is 0.167. The van der Waals surface area contributed by atoms with Crippen LogP contribution >= 0.6 is 34.8 Å². The van der Waals surface area contributed by atoms with Gasteiger partial charge in [0.2, 0.25) is 0 Å². The van der Waals surface area contributed by atoms with Crippen LogP contribution in [0.3, 0.4) is 0 Å². The standard InChI is InChI=1S/C24H21Cl3N2/c25-20-8-5-17(6-9-20)11-12-28-14-19-16-29(24-4-2-1-3-22(19)24)15-18-7-10-21(26)13-23(18)27/h1-10,13,16,28H,11-12,14-15H2. The van der Waals surface area contributed by atoms with Crippen LogP contribution in [0.2, 0.25) is 15.1 Å². The summed E-state index contributed by atoms with van der Waals surface area (Å²) < 4.78 is 2.25. The minimum Gasteiger partial charge on any atom is -0.343 e. The normalized spacial score (nSPS) is 11.3. The second-order valence-electron chi connectivity index (χ2n) is 7.09. The maximum Gasteiger partial charge on any atom is 0.0491 e. The molecule has 1 N–H and O–H groups in total. The van der Waals surface area contributed by atoms with E-state index in [9.17, 15) is 0 Å². The Balaban J connectivity index is 1.47. The molecule has 2 nitrogen and oxygen atoms in total. The Bertz CT molecular complexity index is 1120. The van der Waals surface area contributed by atoms with Crippen LogP contribution in [-0.2, 0) is 19.5 Å². The van der Waals surface area contributed by atoms with E-state index in [1.165, 1.54) is 22.0 Å². The molecule has 4 aromatic rings. The second-order valence-corrected chi connectivity index (χ2v) is 8.37. The molecule has 0 aliphatic heterocycles. The molecule has 148 valence electrons. The van der Waals surface area contributed by atoms with Crippen molar-refractivity contribution in [2.75, 3.05) is 6.54 Å². The van der Waals surface area contributed by atoms with Crippen LogP contribution in [0.1, 0.15) is 16.7 Å². The number of aromatic nitrogens is 1. The summed E-state index contributed by atoms with van der Waals surface area (Å²) in [6.07, 6.45) is 3.18. The lowest BCUT2D eigenvalue weighted by atomic mass is 10.1. The molecule has 1 heterocycles. The molecule has 0 radical (unpaired) electrons. The lowest BCUT2D eigenvalue weighted by Gasteiger charge is -2.08. The maximum absolute atomic E-state index is 6.39. The molecule has 0 saturated carbocycles. The van der Waals surface area contributed by atoms with Gasteiger partial charge < -0.3 is 9.88 Å². The van der Waals surface area contributed by atoms with Gasteiger partial charge in [-0.3, -0.25) is 0 Å². The average molecular weight is 444 g/mol. The van der Waals surface area contributed by atoms with Gasteiger partial charge in [0, 0.05) is 45.3 Å². The van der Waals surface area contributed by atoms with E-state index in [-0.39, 0.29) is 0 Å². The van der Waals surface area contributed by atoms with E-state index < -0.39 is 0 Å². The van der Waals surface area contributed by atoms with Gasteiger partial charge >= 0.3 is 0 Å². The Hall–Kier alpha value is -1.97. The number of benzene rings is 3. The number of halogens is 3. The number of para-hydroxylation sites is 1. The Labute approximate surface area is 186 Å². The van der Waals surface area contributed by atoms with Crippen molar-refractivity contribution < 1.29 is 0 Å². The Morgan fingerprint density at radius 2 is 1.55 bits per heavy atom. The molecular formula is C24H21Cl3N2. The van der Waals surface area contributed by atoms with Crippen molar-refractivity contribution in [3.63, 3.8) is 0 Å². The minimum absolute atomic E-state index is 0.654. The molecular weight excluding hydrogens is 423 g/mol. The Kier molecular flexibility index (Phi) is 6.46. The summed E-state index contributed by atoms with van der Waals surface area (Å²) in [5.74, 6) is 0. The average Bonchev–Trinajstić information content (AvgIpc) is 3.06. The van der Waals surface area contributed by atoms with Crippen LogP contribution in [0.25, 0.3) is 10.9 Å². The van der Waals surface area contributed by atoms with Crippen molar-refractivity contribution in [1.82, 2.24) is 9.88 Å². The zero-order valence-corrected chi connectivity index (χ0v) is 18.1. The smallest absolute Gasteiger partial charge is 0.0491 e. The van der Waals surface area contributed by atoms with E-state index in [4.69, 9.17) is 34.8 Å². The largest absolute Gasteiger partial charge is 0.343 e. The van der Waals surface area contributed by atoms with Gasteiger partial charge in [0.25, 0.3) is 0 Å². The SMILES string of the molecule is Clc1ccc(CCNCc2cn(Cc3ccc(Cl)cc3Cl)c3ccccc23)cc1. The highest BCUT2D eigenvalue weighted by Gasteiger charge is 2.10. The number of fused-ring (bicyclic) bond motifs is 1. The molecule has 0 bridgehead atoms. The molecule has 4 rings (SSSR count). The van der Waals surface area contributed by atoms with Crippen LogP contribution in [-0.4, -0.2) is 11.1 Å². The third-order valence-electron chi connectivity index (χ3n) is 5.05. The van der Waals surface area contributed by atoms with E-state index in [0.29, 0.717) is 16.6 Å². The van der Waals surface area contributed by atoms with E-state index >= 15 is 0 Å². The van der Waals surface area contributed by atoms with Gasteiger partial charge in [-0.05, 0) is 60.0 Å². The number of hydrogen-bond acceptors (Lipinski definition) is 1. The molecule has 0 aliphatic carbocycles. The predicted octanol–water partition coefficient (Wildman–Crippen LogP) is 6.98. The van der Waals surface area contributed by atoms with E-state index in [2.05, 4.69) is 52.5 Å². The highest BCUT2D eigenvalue weighted by molar-refractivity contribution is 6.35. The van der Waals surface area contributed by atoms with Gasteiger partial charge in [0.05, 0.1) is 0 Å². The molecule has 0 fully saturated rings. The molecule has 0 saturated heterocycles. The summed E-state index contributed by atoms with van der Waals surface area (Å²) >= 11 is 18.4. The predicted molar refractivity (Wildman–Crippen MR) is 124 cm³/mol. The van der Waals surface area contributed by atoms with Crippen LogP contribution < -0.4 is 5.32 Å². The Morgan fingerprint density at radius 1 is 0.793 bits per heavy atom. The van der Waals surface area contributed by atoms with Gasteiger partial charge in [-0.15, -0.1) is 0 Å². The van der Waals surface area contributed by atoms with E-state index in [0.717, 1.165) is 30.1 Å². The first-order chi connectivity index (χ1) is 14.1. The van der Waals surface area contributed by atoms with E-state index in [1.807, 2.05) is 24.3 Å². The highest BCUT2D eigenvalue weighted by atomic mass is 35.5. The summed E-state index contributed by atoms with van der Waals surface area (Å²) in [4.78, 5) is 0. The zero-order valence-electron chi connectivity index (χ0n) is 15.8. The van der Waals surface area contributed by atoms with Gasteiger partial charge in [-0.2, -0.15) is 0 Å². The van der Waals surface area contributed by atoms with Gasteiger partial charge in [0.15, 0.2) is 0 Å². The quantitative estimate of drug-likeness (QED) is 0.305. The summed E-state index contributed by atoms with van der Waals surface area (Å²) in [6.45, 7) is 2.43.